The van der Waals surface area contributed by atoms with Crippen LogP contribution in [0.4, 0.5) is 0 Å². The van der Waals surface area contributed by atoms with Gasteiger partial charge in [-0.2, -0.15) is 0 Å². The van der Waals surface area contributed by atoms with Crippen molar-refractivity contribution in [1.82, 2.24) is 14.9 Å². The van der Waals surface area contributed by atoms with Gasteiger partial charge in [-0.25, -0.2) is 4.98 Å². The standard InChI is InChI=1S/C14H18N4O/c1-18(10-13-16-6-7-17-13)14(19)8-11-4-2-3-5-12(11)9-15/h2-7H,8-10,15H2,1H3,(H,16,17). The lowest BCUT2D eigenvalue weighted by molar-refractivity contribution is -0.129. The Morgan fingerprint density at radius 2 is 2.11 bits per heavy atom. The van der Waals surface area contributed by atoms with Crippen LogP contribution in [0.3, 0.4) is 0 Å². The Morgan fingerprint density at radius 1 is 1.37 bits per heavy atom. The van der Waals surface area contributed by atoms with Crippen molar-refractivity contribution in [1.29, 1.82) is 0 Å². The van der Waals surface area contributed by atoms with E-state index in [1.165, 1.54) is 0 Å². The molecule has 0 fully saturated rings. The number of imidazole rings is 1. The second kappa shape index (κ2) is 6.15. The number of aromatic nitrogens is 2. The van der Waals surface area contributed by atoms with Crippen LogP contribution in [0.2, 0.25) is 0 Å². The van der Waals surface area contributed by atoms with Crippen molar-refractivity contribution in [3.8, 4) is 0 Å². The number of H-pyrrole nitrogens is 1. The maximum Gasteiger partial charge on any atom is 0.227 e. The molecule has 0 saturated carbocycles. The van der Waals surface area contributed by atoms with E-state index in [9.17, 15) is 4.79 Å². The van der Waals surface area contributed by atoms with Gasteiger partial charge in [0.25, 0.3) is 0 Å². The molecule has 5 heteroatoms. The Morgan fingerprint density at radius 3 is 2.74 bits per heavy atom. The van der Waals surface area contributed by atoms with Crippen LogP contribution >= 0.6 is 0 Å². The molecule has 2 aromatic rings. The molecule has 5 nitrogen and oxygen atoms in total. The third kappa shape index (κ3) is 3.42. The molecule has 1 aromatic heterocycles. The number of carbonyl (C=O) groups excluding carboxylic acids is 1. The molecule has 1 amide bonds. The van der Waals surface area contributed by atoms with E-state index in [-0.39, 0.29) is 5.91 Å². The SMILES string of the molecule is CN(Cc1ncc[nH]1)C(=O)Cc1ccccc1CN. The zero-order valence-electron chi connectivity index (χ0n) is 11.0. The van der Waals surface area contributed by atoms with Gasteiger partial charge >= 0.3 is 0 Å². The Hall–Kier alpha value is -2.14. The van der Waals surface area contributed by atoms with Gasteiger partial charge in [0.05, 0.1) is 13.0 Å². The number of aromatic amines is 1. The Bertz CT molecular complexity index is 536. The van der Waals surface area contributed by atoms with Gasteiger partial charge in [0, 0.05) is 26.0 Å². The average molecular weight is 258 g/mol. The lowest BCUT2D eigenvalue weighted by Crippen LogP contribution is -2.28. The molecule has 0 radical (unpaired) electrons. The van der Waals surface area contributed by atoms with Crippen molar-refractivity contribution >= 4 is 5.91 Å². The molecule has 2 rings (SSSR count). The molecule has 1 heterocycles. The number of rotatable bonds is 5. The number of hydrogen-bond acceptors (Lipinski definition) is 3. The second-order valence-corrected chi connectivity index (χ2v) is 4.44. The fourth-order valence-corrected chi connectivity index (χ4v) is 1.92. The number of benzene rings is 1. The molecule has 0 unspecified atom stereocenters. The van der Waals surface area contributed by atoms with Crippen molar-refractivity contribution in [3.63, 3.8) is 0 Å². The highest BCUT2D eigenvalue weighted by Gasteiger charge is 2.12. The first-order valence-electron chi connectivity index (χ1n) is 6.19. The highest BCUT2D eigenvalue weighted by Crippen LogP contribution is 2.10. The summed E-state index contributed by atoms with van der Waals surface area (Å²) >= 11 is 0. The van der Waals surface area contributed by atoms with Gasteiger partial charge in [0.2, 0.25) is 5.91 Å². The van der Waals surface area contributed by atoms with Gasteiger partial charge in [-0.3, -0.25) is 4.79 Å². The Labute approximate surface area is 112 Å². The summed E-state index contributed by atoms with van der Waals surface area (Å²) in [6.45, 7) is 0.933. The van der Waals surface area contributed by atoms with Gasteiger partial charge in [-0.15, -0.1) is 0 Å². The molecule has 0 bridgehead atoms. The molecule has 0 aliphatic carbocycles. The van der Waals surface area contributed by atoms with E-state index in [1.54, 1.807) is 24.3 Å². The number of carbonyl (C=O) groups is 1. The van der Waals surface area contributed by atoms with Gasteiger partial charge in [0.1, 0.15) is 5.82 Å². The molecule has 0 aliphatic rings. The highest BCUT2D eigenvalue weighted by atomic mass is 16.2. The zero-order valence-corrected chi connectivity index (χ0v) is 11.0. The van der Waals surface area contributed by atoms with Crippen LogP contribution in [0.25, 0.3) is 0 Å². The quantitative estimate of drug-likeness (QED) is 0.842. The molecule has 19 heavy (non-hydrogen) atoms. The first-order chi connectivity index (χ1) is 9.20. The van der Waals surface area contributed by atoms with Crippen molar-refractivity contribution in [2.45, 2.75) is 19.5 Å². The average Bonchev–Trinajstić information content (AvgIpc) is 2.92. The Kier molecular flexibility index (Phi) is 4.30. The molecule has 100 valence electrons. The first kappa shape index (κ1) is 13.3. The summed E-state index contributed by atoms with van der Waals surface area (Å²) in [5.41, 5.74) is 7.68. The van der Waals surface area contributed by atoms with E-state index in [1.807, 2.05) is 24.3 Å². The fourth-order valence-electron chi connectivity index (χ4n) is 1.92. The van der Waals surface area contributed by atoms with Gasteiger partial charge in [-0.05, 0) is 11.1 Å². The van der Waals surface area contributed by atoms with Crippen LogP contribution in [0.1, 0.15) is 17.0 Å². The molecule has 0 spiro atoms. The van der Waals surface area contributed by atoms with Gasteiger partial charge in [0.15, 0.2) is 0 Å². The van der Waals surface area contributed by atoms with E-state index >= 15 is 0 Å². The van der Waals surface area contributed by atoms with Crippen molar-refractivity contribution in [3.05, 3.63) is 53.6 Å². The summed E-state index contributed by atoms with van der Waals surface area (Å²) in [7, 11) is 1.77. The number of amides is 1. The third-order valence-corrected chi connectivity index (χ3v) is 3.05. The van der Waals surface area contributed by atoms with Crippen molar-refractivity contribution in [2.75, 3.05) is 7.05 Å². The lowest BCUT2D eigenvalue weighted by Gasteiger charge is -2.16. The number of nitrogens with zero attached hydrogens (tertiary/aromatic N) is 2. The lowest BCUT2D eigenvalue weighted by atomic mass is 10.0. The summed E-state index contributed by atoms with van der Waals surface area (Å²) in [5, 5.41) is 0. The molecule has 0 atom stereocenters. The van der Waals surface area contributed by atoms with Crippen LogP contribution in [0.5, 0.6) is 0 Å². The molecular formula is C14H18N4O. The molecular weight excluding hydrogens is 240 g/mol. The molecule has 0 aliphatic heterocycles. The van der Waals surface area contributed by atoms with Crippen LogP contribution < -0.4 is 5.73 Å². The van der Waals surface area contributed by atoms with Crippen LogP contribution in [-0.4, -0.2) is 27.8 Å². The van der Waals surface area contributed by atoms with Crippen molar-refractivity contribution < 1.29 is 4.79 Å². The predicted molar refractivity (Wildman–Crippen MR) is 73.1 cm³/mol. The zero-order chi connectivity index (χ0) is 13.7. The predicted octanol–water partition coefficient (Wildman–Crippen LogP) is 1.07. The largest absolute Gasteiger partial charge is 0.347 e. The maximum atomic E-state index is 12.2. The van der Waals surface area contributed by atoms with Crippen LogP contribution in [-0.2, 0) is 24.3 Å². The summed E-state index contributed by atoms with van der Waals surface area (Å²) in [6, 6.07) is 7.76. The van der Waals surface area contributed by atoms with E-state index in [0.29, 0.717) is 19.5 Å². The highest BCUT2D eigenvalue weighted by molar-refractivity contribution is 5.78. The second-order valence-electron chi connectivity index (χ2n) is 4.44. The minimum absolute atomic E-state index is 0.0531. The monoisotopic (exact) mass is 258 g/mol. The number of hydrogen-bond donors (Lipinski definition) is 2. The van der Waals surface area contributed by atoms with Crippen LogP contribution in [0.15, 0.2) is 36.7 Å². The normalized spacial score (nSPS) is 10.4. The topological polar surface area (TPSA) is 75.0 Å². The Balaban J connectivity index is 2.00. The molecule has 3 N–H and O–H groups in total. The van der Waals surface area contributed by atoms with E-state index in [2.05, 4.69) is 9.97 Å². The third-order valence-electron chi connectivity index (χ3n) is 3.05. The van der Waals surface area contributed by atoms with E-state index < -0.39 is 0 Å². The van der Waals surface area contributed by atoms with Crippen molar-refractivity contribution in [2.24, 2.45) is 5.73 Å². The minimum atomic E-state index is 0.0531. The van der Waals surface area contributed by atoms with E-state index in [4.69, 9.17) is 5.73 Å². The number of likely N-dealkylation sites (N-methyl/N-ethyl adjacent to an activating group) is 1. The number of nitrogens with one attached hydrogen (secondary N) is 1. The first-order valence-corrected chi connectivity index (χ1v) is 6.19. The van der Waals surface area contributed by atoms with Gasteiger partial charge in [-0.1, -0.05) is 24.3 Å². The fraction of sp³-hybridized carbons (Fsp3) is 0.286. The minimum Gasteiger partial charge on any atom is -0.347 e. The maximum absolute atomic E-state index is 12.2. The van der Waals surface area contributed by atoms with E-state index in [0.717, 1.165) is 17.0 Å². The van der Waals surface area contributed by atoms with Gasteiger partial charge < -0.3 is 15.6 Å². The molecule has 1 aromatic carbocycles. The summed E-state index contributed by atoms with van der Waals surface area (Å²) in [5.74, 6) is 0.834. The summed E-state index contributed by atoms with van der Waals surface area (Å²) in [4.78, 5) is 20.9. The number of nitrogens with two attached hydrogens (primary N) is 1. The smallest absolute Gasteiger partial charge is 0.227 e. The summed E-state index contributed by atoms with van der Waals surface area (Å²) in [6.07, 6.45) is 3.79. The summed E-state index contributed by atoms with van der Waals surface area (Å²) < 4.78 is 0. The van der Waals surface area contributed by atoms with Crippen LogP contribution in [0, 0.1) is 0 Å². The molecule has 0 saturated heterocycles.